The summed E-state index contributed by atoms with van der Waals surface area (Å²) in [6, 6.07) is 1.85. The summed E-state index contributed by atoms with van der Waals surface area (Å²) < 4.78 is 7.11. The Morgan fingerprint density at radius 3 is 2.93 bits per heavy atom. The predicted molar refractivity (Wildman–Crippen MR) is 48.5 cm³/mol. The standard InChI is InChI=1S/C9H11N3O2/c1-7-10-11-9(14-7)5-12-3-2-8(4-12)6-13/h2-4,13H,5-6H2,1H3. The van der Waals surface area contributed by atoms with Crippen molar-refractivity contribution in [2.24, 2.45) is 0 Å². The maximum absolute atomic E-state index is 8.86. The van der Waals surface area contributed by atoms with Gasteiger partial charge >= 0.3 is 0 Å². The van der Waals surface area contributed by atoms with E-state index in [1.807, 2.05) is 23.0 Å². The lowest BCUT2D eigenvalue weighted by atomic mass is 10.4. The summed E-state index contributed by atoms with van der Waals surface area (Å²) in [5.41, 5.74) is 0.876. The van der Waals surface area contributed by atoms with E-state index < -0.39 is 0 Å². The molecule has 2 aromatic heterocycles. The Morgan fingerprint density at radius 2 is 2.36 bits per heavy atom. The van der Waals surface area contributed by atoms with Gasteiger partial charge in [0.25, 0.3) is 0 Å². The molecule has 2 aromatic rings. The molecule has 74 valence electrons. The van der Waals surface area contributed by atoms with E-state index in [4.69, 9.17) is 9.52 Å². The Morgan fingerprint density at radius 1 is 1.50 bits per heavy atom. The van der Waals surface area contributed by atoms with Crippen molar-refractivity contribution in [2.75, 3.05) is 0 Å². The highest BCUT2D eigenvalue weighted by atomic mass is 16.4. The van der Waals surface area contributed by atoms with Crippen molar-refractivity contribution in [1.82, 2.24) is 14.8 Å². The van der Waals surface area contributed by atoms with Crippen LogP contribution in [0.3, 0.4) is 0 Å². The van der Waals surface area contributed by atoms with Crippen LogP contribution in [0.1, 0.15) is 17.3 Å². The molecule has 2 heterocycles. The number of hydrogen-bond acceptors (Lipinski definition) is 4. The molecule has 0 spiro atoms. The molecule has 0 atom stereocenters. The molecule has 0 amide bonds. The Hall–Kier alpha value is -1.62. The smallest absolute Gasteiger partial charge is 0.236 e. The number of nitrogens with zero attached hydrogens (tertiary/aromatic N) is 3. The van der Waals surface area contributed by atoms with Crippen molar-refractivity contribution < 1.29 is 9.52 Å². The summed E-state index contributed by atoms with van der Waals surface area (Å²) in [6.45, 7) is 2.35. The van der Waals surface area contributed by atoms with E-state index in [1.165, 1.54) is 0 Å². The normalized spacial score (nSPS) is 10.7. The van der Waals surface area contributed by atoms with E-state index in [-0.39, 0.29) is 6.61 Å². The second-order valence-corrected chi connectivity index (χ2v) is 3.07. The third-order valence-corrected chi connectivity index (χ3v) is 1.88. The Balaban J connectivity index is 2.10. The van der Waals surface area contributed by atoms with Crippen molar-refractivity contribution in [2.45, 2.75) is 20.1 Å². The van der Waals surface area contributed by atoms with Gasteiger partial charge in [0.15, 0.2) is 0 Å². The molecule has 0 aliphatic rings. The number of aliphatic hydroxyl groups excluding tert-OH is 1. The van der Waals surface area contributed by atoms with E-state index in [0.717, 1.165) is 5.56 Å². The van der Waals surface area contributed by atoms with Crippen LogP contribution in [0.5, 0.6) is 0 Å². The minimum Gasteiger partial charge on any atom is -0.424 e. The molecular weight excluding hydrogens is 182 g/mol. The van der Waals surface area contributed by atoms with Crippen LogP contribution in [0.25, 0.3) is 0 Å². The van der Waals surface area contributed by atoms with Gasteiger partial charge in [-0.15, -0.1) is 10.2 Å². The maximum atomic E-state index is 8.86. The third kappa shape index (κ3) is 1.82. The fraction of sp³-hybridized carbons (Fsp3) is 0.333. The highest BCUT2D eigenvalue weighted by Gasteiger charge is 2.03. The number of hydrogen-bond donors (Lipinski definition) is 1. The first-order valence-electron chi connectivity index (χ1n) is 4.32. The van der Waals surface area contributed by atoms with E-state index in [1.54, 1.807) is 6.92 Å². The monoisotopic (exact) mass is 193 g/mol. The highest BCUT2D eigenvalue weighted by Crippen LogP contribution is 2.05. The number of aliphatic hydroxyl groups is 1. The molecule has 1 N–H and O–H groups in total. The van der Waals surface area contributed by atoms with Crippen molar-refractivity contribution in [1.29, 1.82) is 0 Å². The fourth-order valence-electron chi connectivity index (χ4n) is 1.24. The SMILES string of the molecule is Cc1nnc(Cn2ccc(CO)c2)o1. The molecule has 0 radical (unpaired) electrons. The lowest BCUT2D eigenvalue weighted by molar-refractivity contribution is 0.281. The summed E-state index contributed by atoms with van der Waals surface area (Å²) in [7, 11) is 0. The molecule has 2 rings (SSSR count). The molecular formula is C9H11N3O2. The maximum Gasteiger partial charge on any atom is 0.236 e. The highest BCUT2D eigenvalue weighted by molar-refractivity contribution is 5.09. The van der Waals surface area contributed by atoms with Crippen molar-refractivity contribution >= 4 is 0 Å². The fourth-order valence-corrected chi connectivity index (χ4v) is 1.24. The molecule has 0 bridgehead atoms. The average molecular weight is 193 g/mol. The molecule has 0 aliphatic carbocycles. The van der Waals surface area contributed by atoms with E-state index in [2.05, 4.69) is 10.2 Å². The van der Waals surface area contributed by atoms with Gasteiger partial charge in [0, 0.05) is 19.3 Å². The minimum atomic E-state index is 0.0514. The van der Waals surface area contributed by atoms with Crippen molar-refractivity contribution in [3.05, 3.63) is 35.8 Å². The molecule has 0 aromatic carbocycles. The Kier molecular flexibility index (Phi) is 2.32. The zero-order chi connectivity index (χ0) is 9.97. The van der Waals surface area contributed by atoms with Crippen LogP contribution < -0.4 is 0 Å². The molecule has 0 saturated carbocycles. The minimum absolute atomic E-state index is 0.0514. The first kappa shape index (κ1) is 8.96. The summed E-state index contributed by atoms with van der Waals surface area (Å²) in [6.07, 6.45) is 3.71. The number of aromatic nitrogens is 3. The third-order valence-electron chi connectivity index (χ3n) is 1.88. The number of rotatable bonds is 3. The van der Waals surface area contributed by atoms with Gasteiger partial charge in [0.1, 0.15) is 6.54 Å². The first-order chi connectivity index (χ1) is 6.78. The van der Waals surface area contributed by atoms with E-state index >= 15 is 0 Å². The zero-order valence-corrected chi connectivity index (χ0v) is 7.84. The number of aryl methyl sites for hydroxylation is 1. The van der Waals surface area contributed by atoms with E-state index in [9.17, 15) is 0 Å². The van der Waals surface area contributed by atoms with Gasteiger partial charge in [-0.1, -0.05) is 0 Å². The average Bonchev–Trinajstić information content (AvgIpc) is 2.76. The Labute approximate surface area is 81.0 Å². The van der Waals surface area contributed by atoms with Crippen LogP contribution in [0.15, 0.2) is 22.9 Å². The largest absolute Gasteiger partial charge is 0.424 e. The first-order valence-corrected chi connectivity index (χ1v) is 4.32. The van der Waals surface area contributed by atoms with Crippen LogP contribution in [0.2, 0.25) is 0 Å². The summed E-state index contributed by atoms with van der Waals surface area (Å²) >= 11 is 0. The molecule has 5 heteroatoms. The van der Waals surface area contributed by atoms with Crippen LogP contribution in [-0.2, 0) is 13.2 Å². The lowest BCUT2D eigenvalue weighted by Gasteiger charge is -1.95. The van der Waals surface area contributed by atoms with Gasteiger partial charge in [0.05, 0.1) is 6.61 Å². The molecule has 5 nitrogen and oxygen atoms in total. The molecule has 0 fully saturated rings. The van der Waals surface area contributed by atoms with Crippen molar-refractivity contribution in [3.63, 3.8) is 0 Å². The summed E-state index contributed by atoms with van der Waals surface area (Å²) in [5, 5.41) is 16.5. The lowest BCUT2D eigenvalue weighted by Crippen LogP contribution is -1.96. The van der Waals surface area contributed by atoms with E-state index in [0.29, 0.717) is 18.3 Å². The molecule has 14 heavy (non-hydrogen) atoms. The van der Waals surface area contributed by atoms with Gasteiger partial charge < -0.3 is 14.1 Å². The van der Waals surface area contributed by atoms with Gasteiger partial charge in [-0.3, -0.25) is 0 Å². The van der Waals surface area contributed by atoms with Crippen LogP contribution in [-0.4, -0.2) is 19.9 Å². The predicted octanol–water partition coefficient (Wildman–Crippen LogP) is 0.720. The molecule has 0 saturated heterocycles. The second-order valence-electron chi connectivity index (χ2n) is 3.07. The topological polar surface area (TPSA) is 64.1 Å². The van der Waals surface area contributed by atoms with Gasteiger partial charge in [-0.05, 0) is 11.6 Å². The van der Waals surface area contributed by atoms with Gasteiger partial charge in [0.2, 0.25) is 11.8 Å². The van der Waals surface area contributed by atoms with Crippen molar-refractivity contribution in [3.8, 4) is 0 Å². The molecule has 0 aliphatic heterocycles. The zero-order valence-electron chi connectivity index (χ0n) is 7.84. The van der Waals surface area contributed by atoms with Gasteiger partial charge in [-0.2, -0.15) is 0 Å². The quantitative estimate of drug-likeness (QED) is 0.780. The second kappa shape index (κ2) is 3.63. The summed E-state index contributed by atoms with van der Waals surface area (Å²) in [4.78, 5) is 0. The van der Waals surface area contributed by atoms with Gasteiger partial charge in [-0.25, -0.2) is 0 Å². The van der Waals surface area contributed by atoms with Crippen LogP contribution in [0, 0.1) is 6.92 Å². The van der Waals surface area contributed by atoms with Crippen LogP contribution >= 0.6 is 0 Å². The Bertz CT molecular complexity index is 419. The summed E-state index contributed by atoms with van der Waals surface area (Å²) in [5.74, 6) is 1.14. The van der Waals surface area contributed by atoms with Crippen LogP contribution in [0.4, 0.5) is 0 Å². The molecule has 0 unspecified atom stereocenters.